The van der Waals surface area contributed by atoms with E-state index in [2.05, 4.69) is 5.16 Å². The number of nitrogens with zero attached hydrogens (tertiary/aromatic N) is 1. The van der Waals surface area contributed by atoms with Gasteiger partial charge in [0.1, 0.15) is 11.6 Å². The number of ether oxygens (including phenoxy) is 1. The standard InChI is InChI=1S/C8H7ClFNO2/c1-13-5-2-3-6(7(10)4-5)8(9)11-12/h2-4,12H,1H3/b11-8+. The molecule has 0 aliphatic heterocycles. The molecule has 0 fully saturated rings. The van der Waals surface area contributed by atoms with Crippen LogP contribution in [0.25, 0.3) is 0 Å². The predicted octanol–water partition coefficient (Wildman–Crippen LogP) is 2.21. The Hall–Kier alpha value is -1.29. The summed E-state index contributed by atoms with van der Waals surface area (Å²) in [5, 5.41) is 10.7. The second-order valence-corrected chi connectivity index (χ2v) is 2.59. The van der Waals surface area contributed by atoms with E-state index in [0.717, 1.165) is 6.07 Å². The molecule has 1 rings (SSSR count). The summed E-state index contributed by atoms with van der Waals surface area (Å²) in [4.78, 5) is 0. The second kappa shape index (κ2) is 4.09. The van der Waals surface area contributed by atoms with E-state index >= 15 is 0 Å². The van der Waals surface area contributed by atoms with Crippen LogP contribution in [0.15, 0.2) is 23.4 Å². The first-order chi connectivity index (χ1) is 6.19. The minimum atomic E-state index is -0.595. The summed E-state index contributed by atoms with van der Waals surface area (Å²) in [7, 11) is 1.43. The zero-order chi connectivity index (χ0) is 9.84. The average molecular weight is 204 g/mol. The Morgan fingerprint density at radius 3 is 2.77 bits per heavy atom. The molecule has 0 aliphatic carbocycles. The van der Waals surface area contributed by atoms with Gasteiger partial charge in [-0.2, -0.15) is 0 Å². The molecule has 0 aromatic heterocycles. The van der Waals surface area contributed by atoms with E-state index in [1.54, 1.807) is 0 Å². The Balaban J connectivity index is 3.12. The Morgan fingerprint density at radius 2 is 2.31 bits per heavy atom. The maximum Gasteiger partial charge on any atom is 0.178 e. The highest BCUT2D eigenvalue weighted by molar-refractivity contribution is 6.69. The lowest BCUT2D eigenvalue weighted by Gasteiger charge is -2.02. The number of rotatable bonds is 2. The summed E-state index contributed by atoms with van der Waals surface area (Å²) < 4.78 is 17.9. The molecule has 1 aromatic rings. The van der Waals surface area contributed by atoms with Crippen LogP contribution in [0.1, 0.15) is 5.56 Å². The van der Waals surface area contributed by atoms with Gasteiger partial charge in [0.25, 0.3) is 0 Å². The average Bonchev–Trinajstić information content (AvgIpc) is 2.16. The van der Waals surface area contributed by atoms with Crippen LogP contribution in [0, 0.1) is 5.82 Å². The van der Waals surface area contributed by atoms with Crippen molar-refractivity contribution in [1.82, 2.24) is 0 Å². The molecule has 0 radical (unpaired) electrons. The van der Waals surface area contributed by atoms with E-state index in [4.69, 9.17) is 21.5 Å². The van der Waals surface area contributed by atoms with Crippen molar-refractivity contribution in [3.8, 4) is 5.75 Å². The molecule has 70 valence electrons. The van der Waals surface area contributed by atoms with Crippen molar-refractivity contribution in [2.24, 2.45) is 5.16 Å². The van der Waals surface area contributed by atoms with Gasteiger partial charge in [-0.15, -0.1) is 0 Å². The lowest BCUT2D eigenvalue weighted by atomic mass is 10.2. The highest BCUT2D eigenvalue weighted by atomic mass is 35.5. The summed E-state index contributed by atoms with van der Waals surface area (Å²) in [5.41, 5.74) is 0.0324. The molecule has 0 amide bonds. The lowest BCUT2D eigenvalue weighted by molar-refractivity contribution is 0.320. The van der Waals surface area contributed by atoms with Gasteiger partial charge in [0.2, 0.25) is 0 Å². The molecule has 0 saturated heterocycles. The predicted molar refractivity (Wildman–Crippen MR) is 47.1 cm³/mol. The van der Waals surface area contributed by atoms with E-state index < -0.39 is 5.82 Å². The fourth-order valence-electron chi connectivity index (χ4n) is 0.844. The molecule has 0 saturated carbocycles. The van der Waals surface area contributed by atoms with Crippen LogP contribution in [-0.2, 0) is 0 Å². The van der Waals surface area contributed by atoms with Crippen molar-refractivity contribution in [2.45, 2.75) is 0 Å². The van der Waals surface area contributed by atoms with Crippen molar-refractivity contribution >= 4 is 16.8 Å². The quantitative estimate of drug-likeness (QED) is 0.455. The summed E-state index contributed by atoms with van der Waals surface area (Å²) in [6.45, 7) is 0. The molecule has 0 atom stereocenters. The van der Waals surface area contributed by atoms with Crippen LogP contribution in [0.5, 0.6) is 5.75 Å². The van der Waals surface area contributed by atoms with Gasteiger partial charge in [-0.05, 0) is 12.1 Å². The van der Waals surface area contributed by atoms with Crippen molar-refractivity contribution < 1.29 is 14.3 Å². The zero-order valence-corrected chi connectivity index (χ0v) is 7.55. The van der Waals surface area contributed by atoms with Gasteiger partial charge in [-0.25, -0.2) is 4.39 Å². The molecule has 1 aromatic carbocycles. The van der Waals surface area contributed by atoms with Crippen molar-refractivity contribution in [1.29, 1.82) is 0 Å². The number of methoxy groups -OCH3 is 1. The van der Waals surface area contributed by atoms with Crippen LogP contribution in [0.2, 0.25) is 0 Å². The summed E-state index contributed by atoms with van der Waals surface area (Å²) >= 11 is 5.41. The molecule has 0 aliphatic rings. The highest BCUT2D eigenvalue weighted by Crippen LogP contribution is 2.17. The Labute approximate surface area is 79.4 Å². The third-order valence-corrected chi connectivity index (χ3v) is 1.77. The van der Waals surface area contributed by atoms with Crippen molar-refractivity contribution in [3.05, 3.63) is 29.6 Å². The number of hydrogen-bond acceptors (Lipinski definition) is 3. The third-order valence-electron chi connectivity index (χ3n) is 1.49. The van der Waals surface area contributed by atoms with Gasteiger partial charge >= 0.3 is 0 Å². The highest BCUT2D eigenvalue weighted by Gasteiger charge is 2.08. The van der Waals surface area contributed by atoms with E-state index in [0.29, 0.717) is 5.75 Å². The molecule has 0 spiro atoms. The molecule has 13 heavy (non-hydrogen) atoms. The fraction of sp³-hybridized carbons (Fsp3) is 0.125. The fourth-order valence-corrected chi connectivity index (χ4v) is 0.997. The minimum absolute atomic E-state index is 0.0324. The van der Waals surface area contributed by atoms with E-state index in [9.17, 15) is 4.39 Å². The second-order valence-electron chi connectivity index (χ2n) is 2.24. The number of hydrogen-bond donors (Lipinski definition) is 1. The van der Waals surface area contributed by atoms with Gasteiger partial charge in [0.15, 0.2) is 5.17 Å². The molecule has 5 heteroatoms. The van der Waals surface area contributed by atoms with Gasteiger partial charge in [-0.1, -0.05) is 16.8 Å². The third kappa shape index (κ3) is 2.09. The van der Waals surface area contributed by atoms with Crippen LogP contribution < -0.4 is 4.74 Å². The number of benzene rings is 1. The van der Waals surface area contributed by atoms with Crippen molar-refractivity contribution in [3.63, 3.8) is 0 Å². The summed E-state index contributed by atoms with van der Waals surface area (Å²) in [6, 6.07) is 4.05. The van der Waals surface area contributed by atoms with Gasteiger partial charge < -0.3 is 9.94 Å². The van der Waals surface area contributed by atoms with Crippen molar-refractivity contribution in [2.75, 3.05) is 7.11 Å². The molecular weight excluding hydrogens is 197 g/mol. The topological polar surface area (TPSA) is 41.8 Å². The summed E-state index contributed by atoms with van der Waals surface area (Å²) in [6.07, 6.45) is 0. The molecule has 1 N–H and O–H groups in total. The van der Waals surface area contributed by atoms with E-state index in [1.165, 1.54) is 19.2 Å². The Bertz CT molecular complexity index is 341. The normalized spacial score (nSPS) is 11.5. The smallest absolute Gasteiger partial charge is 0.178 e. The van der Waals surface area contributed by atoms with Gasteiger partial charge in [-0.3, -0.25) is 0 Å². The first-order valence-corrected chi connectivity index (χ1v) is 3.78. The largest absolute Gasteiger partial charge is 0.497 e. The van der Waals surface area contributed by atoms with Gasteiger partial charge in [0.05, 0.1) is 12.7 Å². The zero-order valence-electron chi connectivity index (χ0n) is 6.79. The maximum absolute atomic E-state index is 13.1. The molecule has 0 bridgehead atoms. The molecule has 0 heterocycles. The number of halogens is 2. The SMILES string of the molecule is COc1ccc(/C(Cl)=N\O)c(F)c1. The first-order valence-electron chi connectivity index (χ1n) is 3.40. The molecule has 0 unspecified atom stereocenters. The summed E-state index contributed by atoms with van der Waals surface area (Å²) in [5.74, 6) is -0.217. The van der Waals surface area contributed by atoms with Gasteiger partial charge in [0, 0.05) is 6.07 Å². The molecular formula is C8H7ClFNO2. The number of oxime groups is 1. The van der Waals surface area contributed by atoms with Crippen LogP contribution in [-0.4, -0.2) is 17.5 Å². The van der Waals surface area contributed by atoms with E-state index in [1.807, 2.05) is 0 Å². The van der Waals surface area contributed by atoms with Crippen LogP contribution in [0.4, 0.5) is 4.39 Å². The lowest BCUT2D eigenvalue weighted by Crippen LogP contribution is -1.96. The Kier molecular flexibility index (Phi) is 3.08. The monoisotopic (exact) mass is 203 g/mol. The Morgan fingerprint density at radius 1 is 1.62 bits per heavy atom. The first kappa shape index (κ1) is 9.80. The van der Waals surface area contributed by atoms with Crippen LogP contribution >= 0.6 is 11.6 Å². The molecule has 3 nitrogen and oxygen atoms in total. The van der Waals surface area contributed by atoms with Crippen LogP contribution in [0.3, 0.4) is 0 Å². The minimum Gasteiger partial charge on any atom is -0.497 e. The maximum atomic E-state index is 13.1. The van der Waals surface area contributed by atoms with E-state index in [-0.39, 0.29) is 10.7 Å².